The predicted molar refractivity (Wildman–Crippen MR) is 78.1 cm³/mol. The molecule has 0 amide bonds. The van der Waals surface area contributed by atoms with Crippen LogP contribution in [0.4, 0.5) is 0 Å². The number of hydrogen-bond acceptors (Lipinski definition) is 7. The summed E-state index contributed by atoms with van der Waals surface area (Å²) >= 11 is 0. The number of methoxy groups -OCH3 is 1. The third-order valence-electron chi connectivity index (χ3n) is 3.77. The van der Waals surface area contributed by atoms with E-state index in [1.165, 1.54) is 4.57 Å². The van der Waals surface area contributed by atoms with Crippen molar-refractivity contribution in [2.24, 2.45) is 0 Å². The van der Waals surface area contributed by atoms with Gasteiger partial charge in [-0.25, -0.2) is 4.79 Å². The van der Waals surface area contributed by atoms with E-state index < -0.39 is 5.76 Å². The maximum atomic E-state index is 11.8. The molecule has 1 fully saturated rings. The van der Waals surface area contributed by atoms with Crippen LogP contribution < -0.4 is 10.5 Å². The molecule has 1 aromatic carbocycles. The third-order valence-corrected chi connectivity index (χ3v) is 3.77. The Morgan fingerprint density at radius 2 is 2.09 bits per heavy atom. The molecule has 2 aromatic heterocycles. The second kappa shape index (κ2) is 5.38. The highest BCUT2D eigenvalue weighted by Crippen LogP contribution is 2.38. The molecule has 0 radical (unpaired) electrons. The lowest BCUT2D eigenvalue weighted by Crippen LogP contribution is -2.17. The summed E-state index contributed by atoms with van der Waals surface area (Å²) in [5.41, 5.74) is 0.727. The maximum absolute atomic E-state index is 11.8. The fraction of sp³-hybridized carbons (Fsp3) is 0.333. The lowest BCUT2D eigenvalue weighted by Gasteiger charge is -2.03. The highest BCUT2D eigenvalue weighted by Gasteiger charge is 2.31. The fourth-order valence-electron chi connectivity index (χ4n) is 2.45. The van der Waals surface area contributed by atoms with Crippen LogP contribution in [-0.2, 0) is 6.54 Å². The first-order valence-electron chi connectivity index (χ1n) is 7.28. The topological polar surface area (TPSA) is 96.2 Å². The number of ether oxygens (including phenoxy) is 1. The Morgan fingerprint density at radius 3 is 2.87 bits per heavy atom. The molecule has 0 saturated heterocycles. The average molecular weight is 314 g/mol. The molecule has 0 aliphatic heterocycles. The molecule has 1 aliphatic carbocycles. The van der Waals surface area contributed by atoms with Crippen molar-refractivity contribution in [1.82, 2.24) is 19.9 Å². The third kappa shape index (κ3) is 2.52. The van der Waals surface area contributed by atoms with E-state index in [0.717, 1.165) is 18.4 Å². The minimum atomic E-state index is -0.510. The predicted octanol–water partition coefficient (Wildman–Crippen LogP) is 1.82. The standard InChI is InChI=1S/C15H14N4O4/c1-21-11-5-3-2-4-10(11)13-16-12(22-17-13)8-19-14(9-6-7-9)18-23-15(19)20/h2-5,9H,6-8H2,1H3. The summed E-state index contributed by atoms with van der Waals surface area (Å²) in [5, 5.41) is 7.79. The smallest absolute Gasteiger partial charge is 0.442 e. The molecule has 118 valence electrons. The van der Waals surface area contributed by atoms with E-state index >= 15 is 0 Å². The van der Waals surface area contributed by atoms with Crippen molar-refractivity contribution in [3.8, 4) is 17.1 Å². The largest absolute Gasteiger partial charge is 0.496 e. The van der Waals surface area contributed by atoms with Crippen molar-refractivity contribution in [1.29, 1.82) is 0 Å². The quantitative estimate of drug-likeness (QED) is 0.708. The maximum Gasteiger partial charge on any atom is 0.442 e. The Kier molecular flexibility index (Phi) is 3.22. The molecular formula is C15H14N4O4. The summed E-state index contributed by atoms with van der Waals surface area (Å²) < 4.78 is 16.7. The van der Waals surface area contributed by atoms with Crippen molar-refractivity contribution in [2.75, 3.05) is 7.11 Å². The molecular weight excluding hydrogens is 300 g/mol. The van der Waals surface area contributed by atoms with E-state index in [4.69, 9.17) is 13.8 Å². The van der Waals surface area contributed by atoms with Gasteiger partial charge in [0.05, 0.1) is 12.7 Å². The van der Waals surface area contributed by atoms with Gasteiger partial charge in [-0.3, -0.25) is 9.09 Å². The summed E-state index contributed by atoms with van der Waals surface area (Å²) in [6.07, 6.45) is 2.03. The molecule has 1 aliphatic rings. The number of aromatic nitrogens is 4. The van der Waals surface area contributed by atoms with Gasteiger partial charge in [0.15, 0.2) is 5.82 Å². The first-order valence-corrected chi connectivity index (χ1v) is 7.28. The van der Waals surface area contributed by atoms with E-state index in [1.807, 2.05) is 24.3 Å². The van der Waals surface area contributed by atoms with Crippen molar-refractivity contribution in [2.45, 2.75) is 25.3 Å². The lowest BCUT2D eigenvalue weighted by atomic mass is 10.2. The molecule has 8 nitrogen and oxygen atoms in total. The molecule has 1 saturated carbocycles. The highest BCUT2D eigenvalue weighted by atomic mass is 16.5. The van der Waals surface area contributed by atoms with Crippen LogP contribution in [0.1, 0.15) is 30.5 Å². The minimum Gasteiger partial charge on any atom is -0.496 e. The number of benzene rings is 1. The van der Waals surface area contributed by atoms with E-state index in [1.54, 1.807) is 7.11 Å². The van der Waals surface area contributed by atoms with E-state index in [0.29, 0.717) is 23.3 Å². The molecule has 4 rings (SSSR count). The van der Waals surface area contributed by atoms with Gasteiger partial charge in [0, 0.05) is 5.92 Å². The first kappa shape index (κ1) is 13.7. The van der Waals surface area contributed by atoms with E-state index in [-0.39, 0.29) is 12.5 Å². The molecule has 3 aromatic rings. The van der Waals surface area contributed by atoms with Crippen LogP contribution in [-0.4, -0.2) is 27.0 Å². The van der Waals surface area contributed by atoms with E-state index in [9.17, 15) is 4.79 Å². The normalized spacial score (nSPS) is 14.1. The fourth-order valence-corrected chi connectivity index (χ4v) is 2.45. The molecule has 0 spiro atoms. The van der Waals surface area contributed by atoms with Gasteiger partial charge in [0.25, 0.3) is 0 Å². The Morgan fingerprint density at radius 1 is 1.26 bits per heavy atom. The second-order valence-electron chi connectivity index (χ2n) is 5.38. The summed E-state index contributed by atoms with van der Waals surface area (Å²) in [7, 11) is 1.58. The van der Waals surface area contributed by atoms with Gasteiger partial charge < -0.3 is 9.26 Å². The van der Waals surface area contributed by atoms with Gasteiger partial charge in [0.2, 0.25) is 11.7 Å². The summed E-state index contributed by atoms with van der Waals surface area (Å²) in [5.74, 6) is 1.81. The zero-order valence-corrected chi connectivity index (χ0v) is 12.4. The van der Waals surface area contributed by atoms with Gasteiger partial charge in [-0.15, -0.1) is 0 Å². The summed E-state index contributed by atoms with van der Waals surface area (Å²) in [6.45, 7) is 0.149. The summed E-state index contributed by atoms with van der Waals surface area (Å²) in [6, 6.07) is 7.39. The Labute approximate surface area is 130 Å². The Balaban J connectivity index is 1.64. The second-order valence-corrected chi connectivity index (χ2v) is 5.38. The van der Waals surface area contributed by atoms with Crippen LogP contribution >= 0.6 is 0 Å². The van der Waals surface area contributed by atoms with Gasteiger partial charge in [-0.05, 0) is 25.0 Å². The van der Waals surface area contributed by atoms with Crippen LogP contribution in [0.3, 0.4) is 0 Å². The van der Waals surface area contributed by atoms with Crippen molar-refractivity contribution in [3.05, 3.63) is 46.5 Å². The molecule has 0 unspecified atom stereocenters. The van der Waals surface area contributed by atoms with Gasteiger partial charge in [0.1, 0.15) is 12.3 Å². The van der Waals surface area contributed by atoms with E-state index in [2.05, 4.69) is 15.3 Å². The van der Waals surface area contributed by atoms with Crippen LogP contribution in [0.15, 0.2) is 38.1 Å². The summed E-state index contributed by atoms with van der Waals surface area (Å²) in [4.78, 5) is 16.1. The lowest BCUT2D eigenvalue weighted by molar-refractivity contribution is 0.353. The number of para-hydroxylation sites is 1. The Hall–Kier alpha value is -2.90. The molecule has 0 N–H and O–H groups in total. The SMILES string of the molecule is COc1ccccc1-c1noc(Cn2c(C3CC3)noc2=O)n1. The van der Waals surface area contributed by atoms with Crippen LogP contribution in [0, 0.1) is 0 Å². The minimum absolute atomic E-state index is 0.149. The highest BCUT2D eigenvalue weighted by molar-refractivity contribution is 5.63. The zero-order chi connectivity index (χ0) is 15.8. The average Bonchev–Trinajstić information content (AvgIpc) is 3.21. The number of rotatable bonds is 5. The van der Waals surface area contributed by atoms with Gasteiger partial charge >= 0.3 is 5.76 Å². The molecule has 0 atom stereocenters. The first-order chi connectivity index (χ1) is 11.3. The van der Waals surface area contributed by atoms with Crippen LogP contribution in [0.2, 0.25) is 0 Å². The van der Waals surface area contributed by atoms with Crippen LogP contribution in [0.5, 0.6) is 5.75 Å². The van der Waals surface area contributed by atoms with Crippen molar-refractivity contribution < 1.29 is 13.8 Å². The molecule has 8 heteroatoms. The molecule has 2 heterocycles. The number of nitrogens with zero attached hydrogens (tertiary/aromatic N) is 4. The van der Waals surface area contributed by atoms with Crippen molar-refractivity contribution >= 4 is 0 Å². The van der Waals surface area contributed by atoms with Gasteiger partial charge in [-0.2, -0.15) is 4.98 Å². The van der Waals surface area contributed by atoms with Gasteiger partial charge in [-0.1, -0.05) is 22.4 Å². The molecule has 23 heavy (non-hydrogen) atoms. The number of hydrogen-bond donors (Lipinski definition) is 0. The molecule has 0 bridgehead atoms. The van der Waals surface area contributed by atoms with Crippen LogP contribution in [0.25, 0.3) is 11.4 Å². The Bertz CT molecular complexity index is 891. The zero-order valence-electron chi connectivity index (χ0n) is 12.4. The monoisotopic (exact) mass is 314 g/mol. The van der Waals surface area contributed by atoms with Crippen molar-refractivity contribution in [3.63, 3.8) is 0 Å².